The number of amides is 2. The molecule has 2 amide bonds. The van der Waals surface area contributed by atoms with Crippen LogP contribution in [0.25, 0.3) is 12.2 Å². The van der Waals surface area contributed by atoms with E-state index in [1.807, 2.05) is 26.8 Å². The zero-order valence-electron chi connectivity index (χ0n) is 25.8. The van der Waals surface area contributed by atoms with Crippen LogP contribution in [0.3, 0.4) is 0 Å². The van der Waals surface area contributed by atoms with Gasteiger partial charge in [-0.1, -0.05) is 19.6 Å². The molecule has 44 heavy (non-hydrogen) atoms. The number of hydrogen-bond donors (Lipinski definition) is 7. The number of aromatic nitrogens is 1. The van der Waals surface area contributed by atoms with Gasteiger partial charge in [0.2, 0.25) is 5.91 Å². The summed E-state index contributed by atoms with van der Waals surface area (Å²) in [6, 6.07) is -0.373. The molecular formula is C33H42N4O7. The number of carboxylic acid groups (broad SMARTS) is 2. The molecule has 7 N–H and O–H groups in total. The van der Waals surface area contributed by atoms with Crippen LogP contribution in [-0.2, 0) is 25.6 Å². The van der Waals surface area contributed by atoms with Crippen molar-refractivity contribution < 1.29 is 34.5 Å². The van der Waals surface area contributed by atoms with Gasteiger partial charge in [0.1, 0.15) is 0 Å². The van der Waals surface area contributed by atoms with Crippen molar-refractivity contribution in [3.63, 3.8) is 0 Å². The number of nitrogens with one attached hydrogen (secondary N) is 4. The van der Waals surface area contributed by atoms with Crippen molar-refractivity contribution in [1.29, 1.82) is 0 Å². The molecule has 1 aromatic heterocycles. The standard InChI is InChI=1S/C33H42N4O7/c1-7-20-15(2)25(36-33(20)44)12-23-16(3)21(8-10-29(39)40)26(34-23)14-27-22(9-11-30(41)42)17(4)24(35-27)13-28-31(19(6)38)18(5)32(43)37-28/h7,13-14,18-19,23,25,31,34-35,38H,1,8-12H2,2-6H3,(H,36,44)(H,37,43)(H,39,40)(H,41,42)/b26-14-,28-13-/t18-,19-,23?,25-,31+/m1/s1. The van der Waals surface area contributed by atoms with Gasteiger partial charge in [-0.05, 0) is 87.0 Å². The van der Waals surface area contributed by atoms with Crippen molar-refractivity contribution in [2.45, 2.75) is 84.9 Å². The van der Waals surface area contributed by atoms with Crippen molar-refractivity contribution in [1.82, 2.24) is 20.9 Å². The number of aliphatic hydroxyl groups excluding tert-OH is 1. The van der Waals surface area contributed by atoms with Gasteiger partial charge in [-0.15, -0.1) is 0 Å². The first-order chi connectivity index (χ1) is 20.7. The third-order valence-electron chi connectivity index (χ3n) is 9.14. The number of rotatable bonds is 12. The molecule has 0 saturated carbocycles. The van der Waals surface area contributed by atoms with E-state index in [-0.39, 0.29) is 43.2 Å². The van der Waals surface area contributed by atoms with Gasteiger partial charge in [0, 0.05) is 59.1 Å². The number of allylic oxidation sites excluding steroid dienone is 1. The minimum absolute atomic E-state index is 0.0658. The van der Waals surface area contributed by atoms with E-state index in [2.05, 4.69) is 27.5 Å². The number of aliphatic carboxylic acids is 2. The zero-order valence-corrected chi connectivity index (χ0v) is 25.8. The first-order valence-electron chi connectivity index (χ1n) is 14.9. The Morgan fingerprint density at radius 3 is 2.18 bits per heavy atom. The van der Waals surface area contributed by atoms with Crippen molar-refractivity contribution in [2.24, 2.45) is 11.8 Å². The summed E-state index contributed by atoms with van der Waals surface area (Å²) in [6.45, 7) is 12.9. The Kier molecular flexibility index (Phi) is 9.68. The molecule has 4 heterocycles. The highest BCUT2D eigenvalue weighted by Gasteiger charge is 2.38. The molecule has 0 spiro atoms. The van der Waals surface area contributed by atoms with E-state index in [4.69, 9.17) is 0 Å². The van der Waals surface area contributed by atoms with E-state index < -0.39 is 29.9 Å². The summed E-state index contributed by atoms with van der Waals surface area (Å²) in [5.74, 6) is -3.00. The lowest BCUT2D eigenvalue weighted by atomic mass is 9.89. The van der Waals surface area contributed by atoms with Crippen LogP contribution in [0.5, 0.6) is 0 Å². The minimum Gasteiger partial charge on any atom is -0.481 e. The summed E-state index contributed by atoms with van der Waals surface area (Å²) in [7, 11) is 0. The monoisotopic (exact) mass is 606 g/mol. The number of hydrogen-bond acceptors (Lipinski definition) is 6. The number of carboxylic acids is 2. The second kappa shape index (κ2) is 13.1. The van der Waals surface area contributed by atoms with Crippen LogP contribution in [0.1, 0.15) is 75.9 Å². The molecule has 1 unspecified atom stereocenters. The SMILES string of the molecule is C=CC1=C(C)[C@@H](CC2N/C(=C\c3[nH]c(/C=C4\NC(=O)[C@H](C)[C@H]4[C@@H](C)O)c(C)c3CCC(=O)O)C(CCC(=O)O)=C2C)NC1=O. The molecule has 236 valence electrons. The molecule has 1 aromatic rings. The summed E-state index contributed by atoms with van der Waals surface area (Å²) < 4.78 is 0. The van der Waals surface area contributed by atoms with Crippen LogP contribution >= 0.6 is 0 Å². The first-order valence-corrected chi connectivity index (χ1v) is 14.9. The van der Waals surface area contributed by atoms with E-state index in [0.29, 0.717) is 35.5 Å². The van der Waals surface area contributed by atoms with Gasteiger partial charge in [-0.2, -0.15) is 0 Å². The molecule has 3 aliphatic rings. The Hall–Kier alpha value is -4.38. The van der Waals surface area contributed by atoms with Crippen molar-refractivity contribution in [2.75, 3.05) is 0 Å². The Labute approximate surface area is 256 Å². The second-order valence-electron chi connectivity index (χ2n) is 12.0. The van der Waals surface area contributed by atoms with Crippen molar-refractivity contribution >= 4 is 35.9 Å². The fourth-order valence-corrected chi connectivity index (χ4v) is 6.55. The lowest BCUT2D eigenvalue weighted by molar-refractivity contribution is -0.138. The molecule has 0 aromatic carbocycles. The molecule has 0 radical (unpaired) electrons. The highest BCUT2D eigenvalue weighted by Crippen LogP contribution is 2.36. The molecule has 1 saturated heterocycles. The van der Waals surface area contributed by atoms with Crippen LogP contribution in [0, 0.1) is 18.8 Å². The lowest BCUT2D eigenvalue weighted by Crippen LogP contribution is -2.36. The number of carbonyl (C=O) groups excluding carboxylic acids is 2. The third-order valence-corrected chi connectivity index (χ3v) is 9.14. The number of aliphatic hydroxyl groups is 1. The summed E-state index contributed by atoms with van der Waals surface area (Å²) in [5, 5.41) is 38.7. The van der Waals surface area contributed by atoms with Crippen LogP contribution in [0.4, 0.5) is 0 Å². The van der Waals surface area contributed by atoms with Crippen molar-refractivity contribution in [3.8, 4) is 0 Å². The summed E-state index contributed by atoms with van der Waals surface area (Å²) >= 11 is 0. The van der Waals surface area contributed by atoms with Crippen LogP contribution in [-0.4, -0.2) is 62.2 Å². The number of H-pyrrole nitrogens is 1. The van der Waals surface area contributed by atoms with Gasteiger partial charge in [0.05, 0.1) is 12.1 Å². The average Bonchev–Trinajstić information content (AvgIpc) is 3.59. The molecule has 1 fully saturated rings. The largest absolute Gasteiger partial charge is 0.481 e. The summed E-state index contributed by atoms with van der Waals surface area (Å²) in [6.07, 6.45) is 5.43. The Balaban J connectivity index is 1.75. The van der Waals surface area contributed by atoms with E-state index in [0.717, 1.165) is 33.5 Å². The van der Waals surface area contributed by atoms with Crippen LogP contribution in [0.15, 0.2) is 46.3 Å². The number of aromatic amines is 1. The smallest absolute Gasteiger partial charge is 0.303 e. The van der Waals surface area contributed by atoms with Gasteiger partial charge in [0.15, 0.2) is 0 Å². The van der Waals surface area contributed by atoms with Crippen molar-refractivity contribution in [3.05, 3.63) is 68.9 Å². The fourth-order valence-electron chi connectivity index (χ4n) is 6.55. The van der Waals surface area contributed by atoms with Gasteiger partial charge < -0.3 is 36.3 Å². The van der Waals surface area contributed by atoms with E-state index >= 15 is 0 Å². The molecule has 0 aliphatic carbocycles. The van der Waals surface area contributed by atoms with E-state index in [1.165, 1.54) is 0 Å². The van der Waals surface area contributed by atoms with Gasteiger partial charge in [-0.25, -0.2) is 0 Å². The fraction of sp³-hybridized carbons (Fsp3) is 0.455. The maximum atomic E-state index is 12.4. The summed E-state index contributed by atoms with van der Waals surface area (Å²) in [4.78, 5) is 51.3. The average molecular weight is 607 g/mol. The van der Waals surface area contributed by atoms with E-state index in [1.54, 1.807) is 26.0 Å². The predicted octanol–water partition coefficient (Wildman–Crippen LogP) is 3.33. The Bertz CT molecular complexity index is 1520. The molecule has 4 rings (SSSR count). The Morgan fingerprint density at radius 1 is 0.955 bits per heavy atom. The first kappa shape index (κ1) is 32.5. The lowest BCUT2D eigenvalue weighted by Gasteiger charge is -2.20. The molecule has 0 bridgehead atoms. The molecule has 11 nitrogen and oxygen atoms in total. The van der Waals surface area contributed by atoms with E-state index in [9.17, 15) is 34.5 Å². The quantitative estimate of drug-likeness (QED) is 0.189. The predicted molar refractivity (Wildman–Crippen MR) is 166 cm³/mol. The zero-order chi connectivity index (χ0) is 32.5. The second-order valence-corrected chi connectivity index (χ2v) is 12.0. The highest BCUT2D eigenvalue weighted by molar-refractivity contribution is 6.00. The maximum absolute atomic E-state index is 12.4. The minimum atomic E-state index is -0.937. The van der Waals surface area contributed by atoms with Crippen LogP contribution < -0.4 is 16.0 Å². The Morgan fingerprint density at radius 2 is 1.59 bits per heavy atom. The normalized spacial score (nSPS) is 26.0. The molecular weight excluding hydrogens is 564 g/mol. The molecule has 3 aliphatic heterocycles. The van der Waals surface area contributed by atoms with Gasteiger partial charge in [0.25, 0.3) is 5.91 Å². The topological polar surface area (TPSA) is 181 Å². The van der Waals surface area contributed by atoms with Crippen LogP contribution in [0.2, 0.25) is 0 Å². The molecule has 5 atom stereocenters. The number of carbonyl (C=O) groups is 4. The highest BCUT2D eigenvalue weighted by atomic mass is 16.4. The van der Waals surface area contributed by atoms with Gasteiger partial charge >= 0.3 is 11.9 Å². The molecule has 11 heteroatoms. The summed E-state index contributed by atoms with van der Waals surface area (Å²) in [5.41, 5.74) is 7.57. The third kappa shape index (κ3) is 6.57. The maximum Gasteiger partial charge on any atom is 0.303 e. The van der Waals surface area contributed by atoms with Gasteiger partial charge in [-0.3, -0.25) is 19.2 Å².